The molecule has 6 nitrogen and oxygen atoms in total. The summed E-state index contributed by atoms with van der Waals surface area (Å²) < 4.78 is 10.9. The minimum Gasteiger partial charge on any atom is -0.377 e. The summed E-state index contributed by atoms with van der Waals surface area (Å²) in [6.45, 7) is 8.73. The highest BCUT2D eigenvalue weighted by Crippen LogP contribution is 2.14. The van der Waals surface area contributed by atoms with Crippen LogP contribution in [0.15, 0.2) is 39.8 Å². The van der Waals surface area contributed by atoms with Gasteiger partial charge in [-0.25, -0.2) is 0 Å². The van der Waals surface area contributed by atoms with Crippen molar-refractivity contribution in [2.24, 2.45) is 4.99 Å². The Balaban J connectivity index is 1.88. The normalized spacial score (nSPS) is 11.8. The maximum atomic E-state index is 5.53. The van der Waals surface area contributed by atoms with E-state index in [2.05, 4.69) is 46.8 Å². The van der Waals surface area contributed by atoms with Crippen LogP contribution in [0.1, 0.15) is 49.3 Å². The Morgan fingerprint density at radius 1 is 1.20 bits per heavy atom. The third-order valence-electron chi connectivity index (χ3n) is 3.85. The summed E-state index contributed by atoms with van der Waals surface area (Å²) in [7, 11) is 1.75. The standard InChI is InChI=1S/C19H28N4O2/c1-5-24-13-16-9-7-6-8-15(16)11-21-19(20-4)22-12-17-10-18(14(2)3)23-25-17/h6-10,14H,5,11-13H2,1-4H3,(H2,20,21,22). The van der Waals surface area contributed by atoms with Crippen molar-refractivity contribution < 1.29 is 9.26 Å². The molecule has 0 aliphatic carbocycles. The van der Waals surface area contributed by atoms with E-state index in [-0.39, 0.29) is 0 Å². The second kappa shape index (κ2) is 9.84. The van der Waals surface area contributed by atoms with Crippen LogP contribution in [0, 0.1) is 0 Å². The highest BCUT2D eigenvalue weighted by molar-refractivity contribution is 5.79. The highest BCUT2D eigenvalue weighted by atomic mass is 16.5. The molecule has 6 heteroatoms. The van der Waals surface area contributed by atoms with Gasteiger partial charge in [0.05, 0.1) is 18.8 Å². The molecule has 1 heterocycles. The minimum atomic E-state index is 0.358. The van der Waals surface area contributed by atoms with Crippen molar-refractivity contribution in [2.75, 3.05) is 13.7 Å². The number of nitrogens with zero attached hydrogens (tertiary/aromatic N) is 2. The van der Waals surface area contributed by atoms with Crippen LogP contribution >= 0.6 is 0 Å². The maximum Gasteiger partial charge on any atom is 0.191 e. The number of benzene rings is 1. The predicted molar refractivity (Wildman–Crippen MR) is 99.4 cm³/mol. The van der Waals surface area contributed by atoms with Gasteiger partial charge in [0.15, 0.2) is 11.7 Å². The number of hydrogen-bond donors (Lipinski definition) is 2. The maximum absolute atomic E-state index is 5.53. The van der Waals surface area contributed by atoms with Gasteiger partial charge in [-0.2, -0.15) is 0 Å². The summed E-state index contributed by atoms with van der Waals surface area (Å²) >= 11 is 0. The van der Waals surface area contributed by atoms with Crippen molar-refractivity contribution in [3.63, 3.8) is 0 Å². The number of rotatable bonds is 8. The first-order valence-electron chi connectivity index (χ1n) is 8.68. The van der Waals surface area contributed by atoms with E-state index in [0.717, 1.165) is 11.5 Å². The number of aromatic nitrogens is 1. The van der Waals surface area contributed by atoms with Crippen molar-refractivity contribution in [1.29, 1.82) is 0 Å². The van der Waals surface area contributed by atoms with E-state index in [1.807, 2.05) is 25.1 Å². The molecule has 0 atom stereocenters. The Morgan fingerprint density at radius 3 is 2.56 bits per heavy atom. The van der Waals surface area contributed by atoms with E-state index >= 15 is 0 Å². The molecule has 0 radical (unpaired) electrons. The van der Waals surface area contributed by atoms with Crippen LogP contribution in [0.25, 0.3) is 0 Å². The molecule has 0 amide bonds. The van der Waals surface area contributed by atoms with E-state index in [1.54, 1.807) is 7.05 Å². The Bertz CT molecular complexity index is 680. The van der Waals surface area contributed by atoms with Crippen molar-refractivity contribution in [3.05, 3.63) is 52.9 Å². The third-order valence-corrected chi connectivity index (χ3v) is 3.85. The van der Waals surface area contributed by atoms with Crippen LogP contribution in [0.3, 0.4) is 0 Å². The Hall–Kier alpha value is -2.34. The van der Waals surface area contributed by atoms with Gasteiger partial charge in [0, 0.05) is 26.3 Å². The average Bonchev–Trinajstić information content (AvgIpc) is 3.10. The molecule has 0 aliphatic rings. The molecular formula is C19H28N4O2. The SMILES string of the molecule is CCOCc1ccccc1CNC(=NC)NCc1cc(C(C)C)no1. The fraction of sp³-hybridized carbons (Fsp3) is 0.474. The first kappa shape index (κ1) is 19.0. The fourth-order valence-corrected chi connectivity index (χ4v) is 2.34. The lowest BCUT2D eigenvalue weighted by Gasteiger charge is -2.13. The van der Waals surface area contributed by atoms with Crippen LogP contribution in [-0.4, -0.2) is 24.8 Å². The molecule has 25 heavy (non-hydrogen) atoms. The van der Waals surface area contributed by atoms with Gasteiger partial charge in [-0.05, 0) is 24.0 Å². The van der Waals surface area contributed by atoms with Crippen molar-refractivity contribution >= 4 is 5.96 Å². The molecule has 2 N–H and O–H groups in total. The number of guanidine groups is 1. The van der Waals surface area contributed by atoms with Gasteiger partial charge in [-0.15, -0.1) is 0 Å². The molecule has 0 unspecified atom stereocenters. The molecule has 0 spiro atoms. The molecule has 2 aromatic rings. The van der Waals surface area contributed by atoms with Crippen LogP contribution in [0.2, 0.25) is 0 Å². The molecule has 1 aromatic carbocycles. The van der Waals surface area contributed by atoms with Gasteiger partial charge in [0.1, 0.15) is 0 Å². The molecule has 0 fully saturated rings. The summed E-state index contributed by atoms with van der Waals surface area (Å²) in [6.07, 6.45) is 0. The van der Waals surface area contributed by atoms with E-state index < -0.39 is 0 Å². The van der Waals surface area contributed by atoms with Gasteiger partial charge >= 0.3 is 0 Å². The first-order valence-corrected chi connectivity index (χ1v) is 8.68. The van der Waals surface area contributed by atoms with Gasteiger partial charge in [0.25, 0.3) is 0 Å². The molecule has 136 valence electrons. The summed E-state index contributed by atoms with van der Waals surface area (Å²) in [5.74, 6) is 1.87. The number of hydrogen-bond acceptors (Lipinski definition) is 4. The Labute approximate surface area is 149 Å². The molecule has 0 aliphatic heterocycles. The number of aliphatic imine (C=N–C) groups is 1. The number of ether oxygens (including phenoxy) is 1. The van der Waals surface area contributed by atoms with Gasteiger partial charge in [0.2, 0.25) is 0 Å². The summed E-state index contributed by atoms with van der Waals surface area (Å²) in [6, 6.07) is 10.2. The quantitative estimate of drug-likeness (QED) is 0.568. The van der Waals surface area contributed by atoms with Gasteiger partial charge in [-0.1, -0.05) is 43.3 Å². The zero-order valence-corrected chi connectivity index (χ0v) is 15.5. The Kier molecular flexibility index (Phi) is 7.47. The lowest BCUT2D eigenvalue weighted by atomic mass is 10.1. The third kappa shape index (κ3) is 5.90. The monoisotopic (exact) mass is 344 g/mol. The van der Waals surface area contributed by atoms with E-state index in [4.69, 9.17) is 9.26 Å². The molecule has 2 rings (SSSR count). The first-order chi connectivity index (χ1) is 12.1. The second-order valence-electron chi connectivity index (χ2n) is 6.06. The Morgan fingerprint density at radius 2 is 1.92 bits per heavy atom. The minimum absolute atomic E-state index is 0.358. The summed E-state index contributed by atoms with van der Waals surface area (Å²) in [5.41, 5.74) is 3.34. The lowest BCUT2D eigenvalue weighted by Crippen LogP contribution is -2.36. The van der Waals surface area contributed by atoms with E-state index in [1.165, 1.54) is 11.1 Å². The lowest BCUT2D eigenvalue weighted by molar-refractivity contribution is 0.133. The second-order valence-corrected chi connectivity index (χ2v) is 6.06. The van der Waals surface area contributed by atoms with E-state index in [9.17, 15) is 0 Å². The van der Waals surface area contributed by atoms with Crippen LogP contribution in [-0.2, 0) is 24.4 Å². The fourth-order valence-electron chi connectivity index (χ4n) is 2.34. The largest absolute Gasteiger partial charge is 0.377 e. The van der Waals surface area contributed by atoms with Crippen molar-refractivity contribution in [1.82, 2.24) is 15.8 Å². The summed E-state index contributed by atoms with van der Waals surface area (Å²) in [5, 5.41) is 10.6. The number of nitrogens with one attached hydrogen (secondary N) is 2. The van der Waals surface area contributed by atoms with Crippen molar-refractivity contribution in [3.8, 4) is 0 Å². The average molecular weight is 344 g/mol. The zero-order valence-electron chi connectivity index (χ0n) is 15.5. The molecule has 0 saturated carbocycles. The highest BCUT2D eigenvalue weighted by Gasteiger charge is 2.08. The molecule has 0 saturated heterocycles. The van der Waals surface area contributed by atoms with Gasteiger partial charge in [-0.3, -0.25) is 4.99 Å². The van der Waals surface area contributed by atoms with Gasteiger partial charge < -0.3 is 19.9 Å². The molecular weight excluding hydrogens is 316 g/mol. The predicted octanol–water partition coefficient (Wildman–Crippen LogP) is 3.20. The van der Waals surface area contributed by atoms with Crippen LogP contribution < -0.4 is 10.6 Å². The molecule has 0 bridgehead atoms. The zero-order chi connectivity index (χ0) is 18.1. The molecule has 1 aromatic heterocycles. The topological polar surface area (TPSA) is 71.7 Å². The van der Waals surface area contributed by atoms with Crippen LogP contribution in [0.5, 0.6) is 0 Å². The van der Waals surface area contributed by atoms with Crippen LogP contribution in [0.4, 0.5) is 0 Å². The summed E-state index contributed by atoms with van der Waals surface area (Å²) in [4.78, 5) is 4.25. The smallest absolute Gasteiger partial charge is 0.191 e. The van der Waals surface area contributed by atoms with E-state index in [0.29, 0.717) is 38.2 Å². The van der Waals surface area contributed by atoms with Crippen molar-refractivity contribution in [2.45, 2.75) is 46.4 Å².